The Labute approximate surface area is 177 Å². The predicted octanol–water partition coefficient (Wildman–Crippen LogP) is 5.69. The molecule has 1 atom stereocenters. The van der Waals surface area contributed by atoms with Gasteiger partial charge in [-0.05, 0) is 36.2 Å². The van der Waals surface area contributed by atoms with Gasteiger partial charge in [-0.25, -0.2) is 0 Å². The molecule has 3 aromatic rings. The van der Waals surface area contributed by atoms with Crippen molar-refractivity contribution in [2.75, 3.05) is 18.6 Å². The minimum absolute atomic E-state index is 0.312. The summed E-state index contributed by atoms with van der Waals surface area (Å²) >= 11 is 1.47. The Balaban J connectivity index is 1.72. The van der Waals surface area contributed by atoms with Crippen LogP contribution in [0.3, 0.4) is 0 Å². The smallest absolute Gasteiger partial charge is 0.416 e. The van der Waals surface area contributed by atoms with Gasteiger partial charge in [-0.1, -0.05) is 18.2 Å². The molecular weight excluding hydrogens is 411 g/mol. The van der Waals surface area contributed by atoms with Gasteiger partial charge in [-0.2, -0.15) is 18.3 Å². The molecule has 4 rings (SSSR count). The maximum Gasteiger partial charge on any atom is 0.416 e. The van der Waals surface area contributed by atoms with Gasteiger partial charge in [0.05, 0.1) is 24.6 Å². The lowest BCUT2D eigenvalue weighted by Crippen LogP contribution is -2.24. The molecule has 0 radical (unpaired) electrons. The second kappa shape index (κ2) is 8.26. The van der Waals surface area contributed by atoms with Gasteiger partial charge in [0.25, 0.3) is 0 Å². The Kier molecular flexibility index (Phi) is 5.69. The molecule has 0 saturated carbocycles. The van der Waals surface area contributed by atoms with Crippen molar-refractivity contribution >= 4 is 17.4 Å². The Morgan fingerprint density at radius 2 is 2.00 bits per heavy atom. The van der Waals surface area contributed by atoms with Gasteiger partial charge in [0.15, 0.2) is 0 Å². The van der Waals surface area contributed by atoms with Crippen molar-refractivity contribution in [3.8, 4) is 5.75 Å². The molecule has 1 aromatic heterocycles. The second-order valence-electron chi connectivity index (χ2n) is 7.26. The summed E-state index contributed by atoms with van der Waals surface area (Å²) < 4.78 is 48.0. The van der Waals surface area contributed by atoms with E-state index < -0.39 is 11.7 Å². The number of aryl methyl sites for hydroxylation is 1. The highest BCUT2D eigenvalue weighted by Crippen LogP contribution is 2.49. The lowest BCUT2D eigenvalue weighted by molar-refractivity contribution is -0.138. The number of nitrogens with zero attached hydrogens (tertiary/aromatic N) is 3. The first-order valence-electron chi connectivity index (χ1n) is 9.58. The van der Waals surface area contributed by atoms with Gasteiger partial charge in [-0.15, -0.1) is 11.8 Å². The van der Waals surface area contributed by atoms with Crippen molar-refractivity contribution in [2.45, 2.75) is 29.3 Å². The van der Waals surface area contributed by atoms with Crippen LogP contribution in [0.2, 0.25) is 0 Å². The number of ether oxygens (including phenoxy) is 1. The molecule has 0 fully saturated rings. The van der Waals surface area contributed by atoms with Crippen LogP contribution in [-0.2, 0) is 19.8 Å². The van der Waals surface area contributed by atoms with Crippen molar-refractivity contribution in [1.29, 1.82) is 0 Å². The molecular formula is C22H22F3N3OS. The summed E-state index contributed by atoms with van der Waals surface area (Å²) in [5.74, 6) is 0.687. The number of methoxy groups -OCH3 is 1. The van der Waals surface area contributed by atoms with Crippen LogP contribution >= 0.6 is 11.8 Å². The van der Waals surface area contributed by atoms with Gasteiger partial charge in [0.2, 0.25) is 0 Å². The van der Waals surface area contributed by atoms with Crippen LogP contribution in [0.4, 0.5) is 18.9 Å². The van der Waals surface area contributed by atoms with Gasteiger partial charge in [0, 0.05) is 42.0 Å². The Bertz CT molecular complexity index is 1030. The van der Waals surface area contributed by atoms with Crippen molar-refractivity contribution in [3.05, 3.63) is 71.5 Å². The fourth-order valence-corrected chi connectivity index (χ4v) is 5.14. The average molecular weight is 433 g/mol. The molecule has 30 heavy (non-hydrogen) atoms. The van der Waals surface area contributed by atoms with E-state index in [1.807, 2.05) is 37.6 Å². The minimum atomic E-state index is -4.38. The lowest BCUT2D eigenvalue weighted by Gasteiger charge is -2.24. The van der Waals surface area contributed by atoms with Crippen LogP contribution in [0.25, 0.3) is 0 Å². The number of alkyl halides is 3. The fourth-order valence-electron chi connectivity index (χ4n) is 3.78. The monoisotopic (exact) mass is 433 g/mol. The van der Waals surface area contributed by atoms with Crippen LogP contribution in [0.5, 0.6) is 5.75 Å². The number of benzene rings is 2. The zero-order chi connectivity index (χ0) is 21.3. The van der Waals surface area contributed by atoms with E-state index >= 15 is 0 Å². The van der Waals surface area contributed by atoms with Crippen molar-refractivity contribution in [2.24, 2.45) is 7.05 Å². The zero-order valence-electron chi connectivity index (χ0n) is 16.7. The summed E-state index contributed by atoms with van der Waals surface area (Å²) in [7, 11) is 3.46. The first-order chi connectivity index (χ1) is 14.3. The molecule has 1 aliphatic heterocycles. The highest BCUT2D eigenvalue weighted by atomic mass is 32.2. The molecule has 0 aliphatic carbocycles. The molecule has 0 spiro atoms. The lowest BCUT2D eigenvalue weighted by atomic mass is 10.0. The van der Waals surface area contributed by atoms with E-state index in [1.165, 1.54) is 23.9 Å². The Hall–Kier alpha value is -2.61. The molecule has 0 N–H and O–H groups in total. The molecule has 4 nitrogen and oxygen atoms in total. The average Bonchev–Trinajstić information content (AvgIpc) is 3.04. The summed E-state index contributed by atoms with van der Waals surface area (Å²) in [5, 5.41) is 3.92. The summed E-state index contributed by atoms with van der Waals surface area (Å²) in [6, 6.07) is 11.7. The third kappa shape index (κ3) is 4.28. The predicted molar refractivity (Wildman–Crippen MR) is 112 cm³/mol. The van der Waals surface area contributed by atoms with Crippen LogP contribution in [0.15, 0.2) is 59.8 Å². The molecule has 158 valence electrons. The first kappa shape index (κ1) is 20.7. The van der Waals surface area contributed by atoms with E-state index in [0.717, 1.165) is 16.1 Å². The number of rotatable bonds is 4. The standard InChI is InChI=1S/C22H22F3N3OS/c1-27-13-15(12-26-27)14-28-10-9-20(17-5-3-4-6-18(17)22(23,24)25)30-21-11-16(29-2)7-8-19(21)28/h3-8,11-13,20H,9-10,14H2,1-2H3. The maximum atomic E-state index is 13.6. The quantitative estimate of drug-likeness (QED) is 0.529. The number of fused-ring (bicyclic) bond motifs is 1. The third-order valence-corrected chi connectivity index (χ3v) is 6.54. The van der Waals surface area contributed by atoms with Gasteiger partial charge < -0.3 is 9.64 Å². The number of aromatic nitrogens is 2. The van der Waals surface area contributed by atoms with Gasteiger partial charge >= 0.3 is 6.18 Å². The SMILES string of the molecule is COc1ccc2c(c1)SC(c1ccccc1C(F)(F)F)CCN2Cc1cnn(C)c1. The Morgan fingerprint density at radius 1 is 1.20 bits per heavy atom. The van der Waals surface area contributed by atoms with Crippen molar-refractivity contribution in [1.82, 2.24) is 9.78 Å². The topological polar surface area (TPSA) is 30.3 Å². The van der Waals surface area contributed by atoms with Crippen molar-refractivity contribution < 1.29 is 17.9 Å². The number of thioether (sulfide) groups is 1. The second-order valence-corrected chi connectivity index (χ2v) is 8.50. The number of anilines is 1. The number of halogens is 3. The normalized spacial score (nSPS) is 16.8. The third-order valence-electron chi connectivity index (χ3n) is 5.18. The fraction of sp³-hybridized carbons (Fsp3) is 0.318. The van der Waals surface area contributed by atoms with Crippen molar-refractivity contribution in [3.63, 3.8) is 0 Å². The van der Waals surface area contributed by atoms with E-state index in [4.69, 9.17) is 4.74 Å². The van der Waals surface area contributed by atoms with Crippen LogP contribution in [0.1, 0.15) is 28.4 Å². The number of hydrogen-bond donors (Lipinski definition) is 0. The van der Waals surface area contributed by atoms with Gasteiger partial charge in [-0.3, -0.25) is 4.68 Å². The first-order valence-corrected chi connectivity index (χ1v) is 10.5. The van der Waals surface area contributed by atoms with Crippen LogP contribution in [-0.4, -0.2) is 23.4 Å². The highest BCUT2D eigenvalue weighted by Gasteiger charge is 2.36. The summed E-state index contributed by atoms with van der Waals surface area (Å²) in [4.78, 5) is 3.12. The van der Waals surface area contributed by atoms with Crippen LogP contribution in [0, 0.1) is 0 Å². The largest absolute Gasteiger partial charge is 0.497 e. The molecule has 2 aromatic carbocycles. The molecule has 1 aliphatic rings. The highest BCUT2D eigenvalue weighted by molar-refractivity contribution is 7.99. The van der Waals surface area contributed by atoms with Gasteiger partial charge in [0.1, 0.15) is 5.75 Å². The van der Waals surface area contributed by atoms with E-state index in [9.17, 15) is 13.2 Å². The summed E-state index contributed by atoms with van der Waals surface area (Å²) in [5.41, 5.74) is 1.81. The summed E-state index contributed by atoms with van der Waals surface area (Å²) in [6.07, 6.45) is -0.0135. The molecule has 0 amide bonds. The summed E-state index contributed by atoms with van der Waals surface area (Å²) in [6.45, 7) is 1.28. The molecule has 0 saturated heterocycles. The van der Waals surface area contributed by atoms with E-state index in [1.54, 1.807) is 23.9 Å². The van der Waals surface area contributed by atoms with E-state index in [2.05, 4.69) is 10.00 Å². The Morgan fingerprint density at radius 3 is 2.70 bits per heavy atom. The van der Waals surface area contributed by atoms with E-state index in [0.29, 0.717) is 30.8 Å². The molecule has 0 bridgehead atoms. The number of hydrogen-bond acceptors (Lipinski definition) is 4. The molecule has 8 heteroatoms. The minimum Gasteiger partial charge on any atom is -0.497 e. The molecule has 1 unspecified atom stereocenters. The van der Waals surface area contributed by atoms with E-state index in [-0.39, 0.29) is 5.25 Å². The maximum absolute atomic E-state index is 13.6. The molecule has 2 heterocycles. The zero-order valence-corrected chi connectivity index (χ0v) is 17.5. The van der Waals surface area contributed by atoms with Crippen LogP contribution < -0.4 is 9.64 Å².